The van der Waals surface area contributed by atoms with Gasteiger partial charge < -0.3 is 9.84 Å². The zero-order valence-electron chi connectivity index (χ0n) is 16.0. The maximum absolute atomic E-state index is 12.4. The van der Waals surface area contributed by atoms with Crippen LogP contribution in [-0.2, 0) is 11.3 Å². The van der Waals surface area contributed by atoms with Crippen LogP contribution >= 0.6 is 0 Å². The van der Waals surface area contributed by atoms with Gasteiger partial charge in [0.2, 0.25) is 0 Å². The van der Waals surface area contributed by atoms with Gasteiger partial charge in [-0.1, -0.05) is 6.92 Å². The lowest BCUT2D eigenvalue weighted by Gasteiger charge is -2.21. The van der Waals surface area contributed by atoms with Crippen LogP contribution in [0.1, 0.15) is 44.4 Å². The molecule has 8 nitrogen and oxygen atoms in total. The topological polar surface area (TPSA) is 106 Å². The van der Waals surface area contributed by atoms with Crippen LogP contribution in [0.5, 0.6) is 0 Å². The number of aliphatic hydroxyl groups excluding tert-OH is 1. The van der Waals surface area contributed by atoms with E-state index in [2.05, 4.69) is 19.9 Å². The van der Waals surface area contributed by atoms with Gasteiger partial charge in [-0.05, 0) is 43.7 Å². The van der Waals surface area contributed by atoms with Crippen LogP contribution in [0.2, 0.25) is 0 Å². The number of pyridine rings is 1. The number of aryl methyl sites for hydroxylation is 1. The highest BCUT2D eigenvalue weighted by molar-refractivity contribution is 5.70. The Balaban J connectivity index is 1.59. The standard InChI is InChI=1S/C20H25N5O3/c1-2-17(26)15-4-3-14(11-21-15)16-12-22-18-19(23-16)25(20(27)24-18)8-5-13-6-9-28-10-7-13/h3-4,11-13,17,26H,2,5-10H2,1H3,(H,22,24,27). The van der Waals surface area contributed by atoms with Gasteiger partial charge in [0.05, 0.1) is 23.7 Å². The summed E-state index contributed by atoms with van der Waals surface area (Å²) in [5, 5.41) is 9.90. The van der Waals surface area contributed by atoms with Gasteiger partial charge in [0.1, 0.15) is 0 Å². The monoisotopic (exact) mass is 383 g/mol. The Bertz CT molecular complexity index is 989. The van der Waals surface area contributed by atoms with E-state index in [0.717, 1.165) is 38.0 Å². The van der Waals surface area contributed by atoms with Crippen molar-refractivity contribution in [2.45, 2.75) is 45.3 Å². The molecule has 1 atom stereocenters. The summed E-state index contributed by atoms with van der Waals surface area (Å²) in [6, 6.07) is 3.67. The predicted molar refractivity (Wildman–Crippen MR) is 105 cm³/mol. The molecule has 1 unspecified atom stereocenters. The molecule has 4 rings (SSSR count). The maximum Gasteiger partial charge on any atom is 0.328 e. The third-order valence-corrected chi connectivity index (χ3v) is 5.39. The van der Waals surface area contributed by atoms with E-state index in [9.17, 15) is 9.90 Å². The molecule has 3 aromatic rings. The zero-order chi connectivity index (χ0) is 19.5. The average Bonchev–Trinajstić information content (AvgIpc) is 3.06. The lowest BCUT2D eigenvalue weighted by Crippen LogP contribution is -2.22. The van der Waals surface area contributed by atoms with Crippen LogP contribution in [0.3, 0.4) is 0 Å². The Labute approximate surface area is 162 Å². The Morgan fingerprint density at radius 3 is 2.82 bits per heavy atom. The van der Waals surface area contributed by atoms with Crippen molar-refractivity contribution in [3.8, 4) is 11.3 Å². The first-order chi connectivity index (χ1) is 13.7. The van der Waals surface area contributed by atoms with E-state index in [1.807, 2.05) is 13.0 Å². The molecule has 3 aromatic heterocycles. The first kappa shape index (κ1) is 18.8. The van der Waals surface area contributed by atoms with E-state index in [0.29, 0.717) is 41.6 Å². The van der Waals surface area contributed by atoms with Crippen LogP contribution in [0.4, 0.5) is 0 Å². The summed E-state index contributed by atoms with van der Waals surface area (Å²) in [5.41, 5.74) is 2.95. The smallest absolute Gasteiger partial charge is 0.328 e. The molecule has 148 valence electrons. The molecule has 4 heterocycles. The number of rotatable bonds is 6. The summed E-state index contributed by atoms with van der Waals surface area (Å²) in [7, 11) is 0. The van der Waals surface area contributed by atoms with Crippen molar-refractivity contribution in [1.29, 1.82) is 0 Å². The van der Waals surface area contributed by atoms with Crippen LogP contribution in [0, 0.1) is 5.92 Å². The molecule has 1 aliphatic heterocycles. The summed E-state index contributed by atoms with van der Waals surface area (Å²) < 4.78 is 7.08. The van der Waals surface area contributed by atoms with Crippen LogP contribution in [-0.4, -0.2) is 42.8 Å². The number of fused-ring (bicyclic) bond motifs is 1. The van der Waals surface area contributed by atoms with Gasteiger partial charge >= 0.3 is 5.69 Å². The zero-order valence-corrected chi connectivity index (χ0v) is 16.0. The van der Waals surface area contributed by atoms with Crippen molar-refractivity contribution in [1.82, 2.24) is 24.5 Å². The molecule has 0 spiro atoms. The van der Waals surface area contributed by atoms with Crippen LogP contribution in [0.25, 0.3) is 22.6 Å². The van der Waals surface area contributed by atoms with Crippen molar-refractivity contribution < 1.29 is 9.84 Å². The molecule has 0 aliphatic carbocycles. The number of nitrogens with zero attached hydrogens (tertiary/aromatic N) is 4. The van der Waals surface area contributed by atoms with Gasteiger partial charge in [0.15, 0.2) is 11.3 Å². The Morgan fingerprint density at radius 2 is 2.11 bits per heavy atom. The van der Waals surface area contributed by atoms with E-state index in [1.165, 1.54) is 0 Å². The molecule has 8 heteroatoms. The summed E-state index contributed by atoms with van der Waals surface area (Å²) >= 11 is 0. The van der Waals surface area contributed by atoms with Gasteiger partial charge in [-0.2, -0.15) is 0 Å². The maximum atomic E-state index is 12.4. The fraction of sp³-hybridized carbons (Fsp3) is 0.500. The lowest BCUT2D eigenvalue weighted by atomic mass is 9.97. The SMILES string of the molecule is CCC(O)c1ccc(-c2cnc3[nH]c(=O)n(CCC4CCOCC4)c3n2)cn1. The summed E-state index contributed by atoms with van der Waals surface area (Å²) in [4.78, 5) is 28.5. The highest BCUT2D eigenvalue weighted by Crippen LogP contribution is 2.22. The number of imidazole rings is 1. The normalized spacial score (nSPS) is 16.5. The fourth-order valence-electron chi connectivity index (χ4n) is 3.58. The van der Waals surface area contributed by atoms with Crippen LogP contribution in [0.15, 0.2) is 29.3 Å². The van der Waals surface area contributed by atoms with E-state index in [4.69, 9.17) is 4.74 Å². The molecule has 0 aromatic carbocycles. The number of aromatic nitrogens is 5. The first-order valence-corrected chi connectivity index (χ1v) is 9.83. The molecule has 1 fully saturated rings. The van der Waals surface area contributed by atoms with Gasteiger partial charge in [-0.15, -0.1) is 0 Å². The Morgan fingerprint density at radius 1 is 1.29 bits per heavy atom. The molecule has 1 saturated heterocycles. The fourth-order valence-corrected chi connectivity index (χ4v) is 3.58. The van der Waals surface area contributed by atoms with Crippen molar-refractivity contribution in [3.05, 3.63) is 40.7 Å². The Kier molecular flexibility index (Phi) is 5.50. The highest BCUT2D eigenvalue weighted by atomic mass is 16.5. The van der Waals surface area contributed by atoms with Gasteiger partial charge in [-0.25, -0.2) is 14.8 Å². The number of nitrogens with one attached hydrogen (secondary N) is 1. The van der Waals surface area contributed by atoms with E-state index in [1.54, 1.807) is 23.0 Å². The number of aromatic amines is 1. The Hall–Kier alpha value is -2.58. The number of hydrogen-bond donors (Lipinski definition) is 2. The molecule has 28 heavy (non-hydrogen) atoms. The van der Waals surface area contributed by atoms with E-state index in [-0.39, 0.29) is 5.69 Å². The van der Waals surface area contributed by atoms with Crippen LogP contribution < -0.4 is 5.69 Å². The van der Waals surface area contributed by atoms with E-state index < -0.39 is 6.10 Å². The molecule has 2 N–H and O–H groups in total. The summed E-state index contributed by atoms with van der Waals surface area (Å²) in [6.45, 7) is 4.12. The second-order valence-corrected chi connectivity index (χ2v) is 7.25. The minimum absolute atomic E-state index is 0.182. The largest absolute Gasteiger partial charge is 0.387 e. The number of ether oxygens (including phenoxy) is 1. The lowest BCUT2D eigenvalue weighted by molar-refractivity contribution is 0.0626. The second-order valence-electron chi connectivity index (χ2n) is 7.25. The third-order valence-electron chi connectivity index (χ3n) is 5.39. The summed E-state index contributed by atoms with van der Waals surface area (Å²) in [6.07, 6.45) is 6.36. The molecular formula is C20H25N5O3. The van der Waals surface area contributed by atoms with Gasteiger partial charge in [-0.3, -0.25) is 14.5 Å². The third kappa shape index (κ3) is 3.83. The predicted octanol–water partition coefficient (Wildman–Crippen LogP) is 2.44. The number of H-pyrrole nitrogens is 1. The van der Waals surface area contributed by atoms with E-state index >= 15 is 0 Å². The molecule has 0 amide bonds. The van der Waals surface area contributed by atoms with Gasteiger partial charge in [0.25, 0.3) is 0 Å². The average molecular weight is 383 g/mol. The number of aliphatic hydroxyl groups is 1. The molecule has 1 aliphatic rings. The second kappa shape index (κ2) is 8.20. The van der Waals surface area contributed by atoms with Crippen molar-refractivity contribution in [2.75, 3.05) is 13.2 Å². The van der Waals surface area contributed by atoms with Crippen molar-refractivity contribution in [2.24, 2.45) is 5.92 Å². The quantitative estimate of drug-likeness (QED) is 0.677. The molecule has 0 radical (unpaired) electrons. The van der Waals surface area contributed by atoms with Crippen molar-refractivity contribution >= 4 is 11.3 Å². The molecule has 0 saturated carbocycles. The minimum Gasteiger partial charge on any atom is -0.387 e. The van der Waals surface area contributed by atoms with Crippen molar-refractivity contribution in [3.63, 3.8) is 0 Å². The van der Waals surface area contributed by atoms with Gasteiger partial charge in [0, 0.05) is 31.5 Å². The first-order valence-electron chi connectivity index (χ1n) is 9.83. The molecular weight excluding hydrogens is 358 g/mol. The highest BCUT2D eigenvalue weighted by Gasteiger charge is 2.17. The summed E-state index contributed by atoms with van der Waals surface area (Å²) in [5.74, 6) is 0.573. The molecule has 0 bridgehead atoms. The number of hydrogen-bond acceptors (Lipinski definition) is 6. The minimum atomic E-state index is -0.567.